The van der Waals surface area contributed by atoms with Crippen molar-refractivity contribution in [3.05, 3.63) is 82.3 Å². The number of pyridine rings is 1. The highest BCUT2D eigenvalue weighted by molar-refractivity contribution is 6.11. The van der Waals surface area contributed by atoms with Gasteiger partial charge in [-0.2, -0.15) is 0 Å². The van der Waals surface area contributed by atoms with Gasteiger partial charge in [0.05, 0.1) is 11.3 Å². The molecule has 152 valence electrons. The SMILES string of the molecule is C[C@@H]1CCN(C(=O)c2ccc(N=CC(=CN)c3cc4ccccc4[nH]c3=O)cc2)C1. The number of amides is 1. The largest absolute Gasteiger partial charge is 0.404 e. The highest BCUT2D eigenvalue weighted by Gasteiger charge is 2.23. The molecule has 6 heteroatoms. The first-order valence-corrected chi connectivity index (χ1v) is 10.0. The molecule has 1 atom stereocenters. The molecule has 0 unspecified atom stereocenters. The number of carbonyl (C=O) groups is 1. The number of nitrogens with one attached hydrogen (secondary N) is 1. The van der Waals surface area contributed by atoms with Crippen LogP contribution in [0.3, 0.4) is 0 Å². The second-order valence-corrected chi connectivity index (χ2v) is 7.67. The molecule has 0 radical (unpaired) electrons. The lowest BCUT2D eigenvalue weighted by Crippen LogP contribution is -2.28. The Morgan fingerprint density at radius 2 is 1.97 bits per heavy atom. The van der Waals surface area contributed by atoms with Gasteiger partial charge in [-0.05, 0) is 54.1 Å². The van der Waals surface area contributed by atoms with E-state index in [9.17, 15) is 9.59 Å². The summed E-state index contributed by atoms with van der Waals surface area (Å²) in [6.07, 6.45) is 3.99. The monoisotopic (exact) mass is 400 g/mol. The van der Waals surface area contributed by atoms with Crippen LogP contribution in [0.2, 0.25) is 0 Å². The fraction of sp³-hybridized carbons (Fsp3) is 0.208. The summed E-state index contributed by atoms with van der Waals surface area (Å²) >= 11 is 0. The van der Waals surface area contributed by atoms with Gasteiger partial charge in [-0.1, -0.05) is 25.1 Å². The number of allylic oxidation sites excluding steroid dienone is 1. The second-order valence-electron chi connectivity index (χ2n) is 7.67. The topological polar surface area (TPSA) is 91.5 Å². The van der Waals surface area contributed by atoms with Crippen LogP contribution in [0, 0.1) is 5.92 Å². The van der Waals surface area contributed by atoms with Crippen molar-refractivity contribution in [2.75, 3.05) is 13.1 Å². The number of aromatic nitrogens is 1. The van der Waals surface area contributed by atoms with E-state index >= 15 is 0 Å². The number of hydrogen-bond donors (Lipinski definition) is 2. The van der Waals surface area contributed by atoms with Crippen LogP contribution in [-0.4, -0.2) is 35.1 Å². The number of H-pyrrole nitrogens is 1. The lowest BCUT2D eigenvalue weighted by atomic mass is 10.1. The van der Waals surface area contributed by atoms with Crippen molar-refractivity contribution < 1.29 is 4.79 Å². The average Bonchev–Trinajstić information content (AvgIpc) is 3.20. The highest BCUT2D eigenvalue weighted by atomic mass is 16.2. The molecular formula is C24H24N4O2. The summed E-state index contributed by atoms with van der Waals surface area (Å²) in [6, 6.07) is 16.5. The third-order valence-corrected chi connectivity index (χ3v) is 5.42. The minimum atomic E-state index is -0.224. The standard InChI is InChI=1S/C24H24N4O2/c1-16-10-11-28(15-16)24(30)17-6-8-20(9-7-17)26-14-19(13-25)21-12-18-4-2-3-5-22(18)27-23(21)29/h2-9,12-14,16H,10-11,15,25H2,1H3,(H,27,29)/t16-/m1/s1. The van der Waals surface area contributed by atoms with Crippen molar-refractivity contribution in [1.82, 2.24) is 9.88 Å². The fourth-order valence-electron chi connectivity index (χ4n) is 3.70. The maximum atomic E-state index is 12.6. The van der Waals surface area contributed by atoms with E-state index in [2.05, 4.69) is 16.9 Å². The number of nitrogens with zero attached hydrogens (tertiary/aromatic N) is 2. The first-order chi connectivity index (χ1) is 14.5. The molecular weight excluding hydrogens is 376 g/mol. The van der Waals surface area contributed by atoms with E-state index < -0.39 is 0 Å². The van der Waals surface area contributed by atoms with Crippen molar-refractivity contribution in [3.8, 4) is 0 Å². The van der Waals surface area contributed by atoms with Crippen LogP contribution < -0.4 is 11.3 Å². The number of aromatic amines is 1. The summed E-state index contributed by atoms with van der Waals surface area (Å²) in [6.45, 7) is 3.78. The molecule has 0 bridgehead atoms. The molecule has 30 heavy (non-hydrogen) atoms. The molecule has 1 fully saturated rings. The number of nitrogens with two attached hydrogens (primary N) is 1. The number of likely N-dealkylation sites (tertiary alicyclic amines) is 1. The van der Waals surface area contributed by atoms with Crippen LogP contribution >= 0.6 is 0 Å². The van der Waals surface area contributed by atoms with Crippen LogP contribution in [0.5, 0.6) is 0 Å². The van der Waals surface area contributed by atoms with E-state index in [-0.39, 0.29) is 11.5 Å². The average molecular weight is 400 g/mol. The summed E-state index contributed by atoms with van der Waals surface area (Å²) in [5, 5.41) is 0.916. The maximum absolute atomic E-state index is 12.6. The van der Waals surface area contributed by atoms with Gasteiger partial charge in [-0.25, -0.2) is 0 Å². The normalized spacial score (nSPS) is 17.2. The van der Waals surface area contributed by atoms with Crippen molar-refractivity contribution >= 4 is 34.3 Å². The summed E-state index contributed by atoms with van der Waals surface area (Å²) in [5.41, 5.74) is 8.63. The molecule has 0 saturated carbocycles. The Kier molecular flexibility index (Phi) is 5.48. The number of fused-ring (bicyclic) bond motifs is 1. The Balaban J connectivity index is 1.53. The molecule has 3 N–H and O–H groups in total. The van der Waals surface area contributed by atoms with Gasteiger partial charge in [0, 0.05) is 42.2 Å². The van der Waals surface area contributed by atoms with Gasteiger partial charge in [0.2, 0.25) is 0 Å². The van der Waals surface area contributed by atoms with Crippen LogP contribution in [0.25, 0.3) is 16.5 Å². The minimum absolute atomic E-state index is 0.0557. The molecule has 0 aliphatic carbocycles. The third-order valence-electron chi connectivity index (χ3n) is 5.42. The molecule has 4 rings (SSSR count). The van der Waals surface area contributed by atoms with Gasteiger partial charge >= 0.3 is 0 Å². The number of rotatable bonds is 4. The number of carbonyl (C=O) groups excluding carboxylic acids is 1. The Hall–Kier alpha value is -3.67. The van der Waals surface area contributed by atoms with E-state index in [0.29, 0.717) is 28.3 Å². The third kappa shape index (κ3) is 4.03. The molecule has 1 aliphatic heterocycles. The summed E-state index contributed by atoms with van der Waals surface area (Å²) in [7, 11) is 0. The van der Waals surface area contributed by atoms with Crippen LogP contribution in [0.1, 0.15) is 29.3 Å². The first kappa shape index (κ1) is 19.6. The predicted octanol–water partition coefficient (Wildman–Crippen LogP) is 3.71. The van der Waals surface area contributed by atoms with Crippen LogP contribution in [-0.2, 0) is 0 Å². The first-order valence-electron chi connectivity index (χ1n) is 10.0. The summed E-state index contributed by atoms with van der Waals surface area (Å²) in [4.78, 5) is 34.2. The van der Waals surface area contributed by atoms with Crippen molar-refractivity contribution in [2.24, 2.45) is 16.6 Å². The van der Waals surface area contributed by atoms with Gasteiger partial charge in [0.1, 0.15) is 0 Å². The second kappa shape index (κ2) is 8.37. The van der Waals surface area contributed by atoms with Crippen molar-refractivity contribution in [1.29, 1.82) is 0 Å². The maximum Gasteiger partial charge on any atom is 0.256 e. The van der Waals surface area contributed by atoms with Gasteiger partial charge in [0.15, 0.2) is 0 Å². The predicted molar refractivity (Wildman–Crippen MR) is 121 cm³/mol. The molecule has 0 spiro atoms. The quantitative estimate of drug-likeness (QED) is 0.654. The van der Waals surface area contributed by atoms with Gasteiger partial charge in [-0.15, -0.1) is 0 Å². The summed E-state index contributed by atoms with van der Waals surface area (Å²) in [5.74, 6) is 0.609. The van der Waals surface area contributed by atoms with E-state index in [1.165, 1.54) is 6.20 Å². The minimum Gasteiger partial charge on any atom is -0.404 e. The van der Waals surface area contributed by atoms with E-state index in [0.717, 1.165) is 30.4 Å². The summed E-state index contributed by atoms with van der Waals surface area (Å²) < 4.78 is 0. The van der Waals surface area contributed by atoms with Gasteiger partial charge in [0.25, 0.3) is 11.5 Å². The van der Waals surface area contributed by atoms with E-state index in [1.54, 1.807) is 36.5 Å². The van der Waals surface area contributed by atoms with Crippen LogP contribution in [0.4, 0.5) is 5.69 Å². The number of para-hydroxylation sites is 1. The zero-order valence-electron chi connectivity index (χ0n) is 16.8. The molecule has 2 aromatic carbocycles. The Morgan fingerprint density at radius 3 is 2.67 bits per heavy atom. The van der Waals surface area contributed by atoms with E-state index in [4.69, 9.17) is 5.73 Å². The molecule has 3 aromatic rings. The number of benzene rings is 2. The molecule has 1 saturated heterocycles. The zero-order chi connectivity index (χ0) is 21.1. The smallest absolute Gasteiger partial charge is 0.256 e. The fourth-order valence-corrected chi connectivity index (χ4v) is 3.70. The van der Waals surface area contributed by atoms with Gasteiger partial charge < -0.3 is 15.6 Å². The number of hydrogen-bond acceptors (Lipinski definition) is 4. The molecule has 6 nitrogen and oxygen atoms in total. The lowest BCUT2D eigenvalue weighted by Gasteiger charge is -2.15. The molecule has 1 aliphatic rings. The molecule has 1 aromatic heterocycles. The van der Waals surface area contributed by atoms with Gasteiger partial charge in [-0.3, -0.25) is 14.6 Å². The molecule has 2 heterocycles. The molecule has 1 amide bonds. The van der Waals surface area contributed by atoms with Crippen LogP contribution in [0.15, 0.2) is 70.6 Å². The number of aliphatic imine (C=N–C) groups is 1. The Morgan fingerprint density at radius 1 is 1.20 bits per heavy atom. The van der Waals surface area contributed by atoms with E-state index in [1.807, 2.05) is 29.2 Å². The lowest BCUT2D eigenvalue weighted by molar-refractivity contribution is 0.0788. The highest BCUT2D eigenvalue weighted by Crippen LogP contribution is 2.21. The Labute approximate surface area is 174 Å². The zero-order valence-corrected chi connectivity index (χ0v) is 16.8. The Bertz CT molecular complexity index is 1190. The van der Waals surface area contributed by atoms with Crippen molar-refractivity contribution in [2.45, 2.75) is 13.3 Å². The van der Waals surface area contributed by atoms with Crippen molar-refractivity contribution in [3.63, 3.8) is 0 Å².